The van der Waals surface area contributed by atoms with Crippen molar-refractivity contribution in [2.75, 3.05) is 6.54 Å². The lowest BCUT2D eigenvalue weighted by atomic mass is 10.2. The van der Waals surface area contributed by atoms with Crippen LogP contribution < -0.4 is 0 Å². The van der Waals surface area contributed by atoms with Gasteiger partial charge >= 0.3 is 0 Å². The first-order chi connectivity index (χ1) is 11.1. The van der Waals surface area contributed by atoms with E-state index in [0.717, 1.165) is 5.56 Å². The molecule has 0 spiro atoms. The zero-order valence-corrected chi connectivity index (χ0v) is 12.9. The standard InChI is InChI=1S/C18H18N2O3/c1-2-19(14-16-7-4-3-5-8-16)18(21)12-11-15-9-6-10-17(13-15)20(22)23/h3-13H,2,14H2,1H3. The van der Waals surface area contributed by atoms with Gasteiger partial charge in [0.25, 0.3) is 5.69 Å². The number of non-ortho nitro benzene ring substituents is 1. The van der Waals surface area contributed by atoms with Crippen LogP contribution in [0.1, 0.15) is 18.1 Å². The van der Waals surface area contributed by atoms with Gasteiger partial charge in [-0.3, -0.25) is 14.9 Å². The molecule has 0 radical (unpaired) electrons. The molecule has 0 atom stereocenters. The fraction of sp³-hybridized carbons (Fsp3) is 0.167. The largest absolute Gasteiger partial charge is 0.335 e. The quantitative estimate of drug-likeness (QED) is 0.465. The van der Waals surface area contributed by atoms with E-state index >= 15 is 0 Å². The summed E-state index contributed by atoms with van der Waals surface area (Å²) in [6.07, 6.45) is 3.05. The number of carbonyl (C=O) groups excluding carboxylic acids is 1. The smallest absolute Gasteiger partial charge is 0.270 e. The number of rotatable bonds is 6. The maximum absolute atomic E-state index is 12.3. The van der Waals surface area contributed by atoms with Gasteiger partial charge < -0.3 is 4.90 Å². The van der Waals surface area contributed by atoms with Crippen LogP contribution in [0.5, 0.6) is 0 Å². The van der Waals surface area contributed by atoms with Crippen molar-refractivity contribution in [2.24, 2.45) is 0 Å². The van der Waals surface area contributed by atoms with Crippen molar-refractivity contribution in [1.29, 1.82) is 0 Å². The Morgan fingerprint density at radius 1 is 1.17 bits per heavy atom. The lowest BCUT2D eigenvalue weighted by Crippen LogP contribution is -2.28. The zero-order valence-electron chi connectivity index (χ0n) is 12.9. The molecular weight excluding hydrogens is 292 g/mol. The molecule has 0 aliphatic heterocycles. The molecule has 0 saturated carbocycles. The minimum absolute atomic E-state index is 0.0104. The summed E-state index contributed by atoms with van der Waals surface area (Å²) in [5.41, 5.74) is 1.70. The average Bonchev–Trinajstić information content (AvgIpc) is 2.58. The van der Waals surface area contributed by atoms with Crippen LogP contribution >= 0.6 is 0 Å². The third-order valence-corrected chi connectivity index (χ3v) is 3.41. The lowest BCUT2D eigenvalue weighted by Gasteiger charge is -2.19. The molecule has 0 aliphatic carbocycles. The van der Waals surface area contributed by atoms with Gasteiger partial charge in [-0.05, 0) is 24.1 Å². The first-order valence-electron chi connectivity index (χ1n) is 7.35. The average molecular weight is 310 g/mol. The minimum atomic E-state index is -0.451. The van der Waals surface area contributed by atoms with Crippen LogP contribution in [0.2, 0.25) is 0 Å². The maximum atomic E-state index is 12.3. The molecule has 2 aromatic rings. The Bertz CT molecular complexity index is 711. The SMILES string of the molecule is CCN(Cc1ccccc1)C(=O)C=Cc1cccc([N+](=O)[O-])c1. The van der Waals surface area contributed by atoms with Gasteiger partial charge in [0.1, 0.15) is 0 Å². The van der Waals surface area contributed by atoms with Crippen LogP contribution in [0, 0.1) is 10.1 Å². The summed E-state index contributed by atoms with van der Waals surface area (Å²) in [5.74, 6) is -0.122. The minimum Gasteiger partial charge on any atom is -0.335 e. The molecule has 0 aromatic heterocycles. The molecule has 5 nitrogen and oxygen atoms in total. The van der Waals surface area contributed by atoms with E-state index in [9.17, 15) is 14.9 Å². The van der Waals surface area contributed by atoms with Crippen LogP contribution in [0.3, 0.4) is 0 Å². The Kier molecular flexibility index (Phi) is 5.63. The molecule has 23 heavy (non-hydrogen) atoms. The van der Waals surface area contributed by atoms with Crippen LogP contribution in [-0.2, 0) is 11.3 Å². The van der Waals surface area contributed by atoms with E-state index in [1.807, 2.05) is 37.3 Å². The first kappa shape index (κ1) is 16.4. The fourth-order valence-corrected chi connectivity index (χ4v) is 2.16. The molecule has 5 heteroatoms. The Morgan fingerprint density at radius 3 is 2.57 bits per heavy atom. The number of benzene rings is 2. The monoisotopic (exact) mass is 310 g/mol. The summed E-state index contributed by atoms with van der Waals surface area (Å²) in [6.45, 7) is 3.05. The molecule has 0 bridgehead atoms. The second-order valence-corrected chi connectivity index (χ2v) is 5.02. The Labute approximate surface area is 135 Å². The van der Waals surface area contributed by atoms with Crippen LogP contribution in [0.4, 0.5) is 5.69 Å². The zero-order chi connectivity index (χ0) is 16.7. The van der Waals surface area contributed by atoms with E-state index in [-0.39, 0.29) is 11.6 Å². The summed E-state index contributed by atoms with van der Waals surface area (Å²) in [7, 11) is 0. The number of amides is 1. The van der Waals surface area contributed by atoms with Gasteiger partial charge in [-0.15, -0.1) is 0 Å². The molecule has 2 rings (SSSR count). The molecule has 0 saturated heterocycles. The second kappa shape index (κ2) is 7.89. The van der Waals surface area contributed by atoms with Crippen LogP contribution in [0.25, 0.3) is 6.08 Å². The molecule has 0 fully saturated rings. The van der Waals surface area contributed by atoms with Crippen LogP contribution in [0.15, 0.2) is 60.7 Å². The van der Waals surface area contributed by atoms with E-state index in [1.165, 1.54) is 18.2 Å². The predicted octanol–water partition coefficient (Wildman–Crippen LogP) is 3.66. The highest BCUT2D eigenvalue weighted by Gasteiger charge is 2.09. The molecule has 2 aromatic carbocycles. The van der Waals surface area contributed by atoms with Crippen molar-refractivity contribution in [3.63, 3.8) is 0 Å². The summed E-state index contributed by atoms with van der Waals surface area (Å²) in [4.78, 5) is 24.3. The number of nitro benzene ring substituents is 1. The van der Waals surface area contributed by atoms with E-state index < -0.39 is 4.92 Å². The van der Waals surface area contributed by atoms with Gasteiger partial charge in [-0.2, -0.15) is 0 Å². The van der Waals surface area contributed by atoms with Crippen LogP contribution in [-0.4, -0.2) is 22.3 Å². The summed E-state index contributed by atoms with van der Waals surface area (Å²) in [6, 6.07) is 15.9. The van der Waals surface area contributed by atoms with Gasteiger partial charge in [0, 0.05) is 31.3 Å². The summed E-state index contributed by atoms with van der Waals surface area (Å²) < 4.78 is 0. The number of hydrogen-bond donors (Lipinski definition) is 0. The first-order valence-corrected chi connectivity index (χ1v) is 7.35. The third-order valence-electron chi connectivity index (χ3n) is 3.41. The summed E-state index contributed by atoms with van der Waals surface area (Å²) >= 11 is 0. The van der Waals surface area contributed by atoms with E-state index in [4.69, 9.17) is 0 Å². The Morgan fingerprint density at radius 2 is 1.91 bits per heavy atom. The van der Waals surface area contributed by atoms with E-state index in [1.54, 1.807) is 23.1 Å². The van der Waals surface area contributed by atoms with Gasteiger partial charge in [0.2, 0.25) is 5.91 Å². The molecule has 118 valence electrons. The Hall–Kier alpha value is -2.95. The topological polar surface area (TPSA) is 63.5 Å². The van der Waals surface area contributed by atoms with Crippen molar-refractivity contribution in [3.05, 3.63) is 81.9 Å². The predicted molar refractivity (Wildman–Crippen MR) is 89.7 cm³/mol. The van der Waals surface area contributed by atoms with Crippen molar-refractivity contribution < 1.29 is 9.72 Å². The van der Waals surface area contributed by atoms with Crippen molar-refractivity contribution in [3.8, 4) is 0 Å². The molecule has 0 unspecified atom stereocenters. The number of likely N-dealkylation sites (N-methyl/N-ethyl adjacent to an activating group) is 1. The van der Waals surface area contributed by atoms with Gasteiger partial charge in [-0.25, -0.2) is 0 Å². The molecular formula is C18H18N2O3. The molecule has 1 amide bonds. The third kappa shape index (κ3) is 4.78. The van der Waals surface area contributed by atoms with E-state index in [2.05, 4.69) is 0 Å². The van der Waals surface area contributed by atoms with E-state index in [0.29, 0.717) is 18.7 Å². The Balaban J connectivity index is 2.07. The highest BCUT2D eigenvalue weighted by Crippen LogP contribution is 2.14. The van der Waals surface area contributed by atoms with Crippen molar-refractivity contribution in [2.45, 2.75) is 13.5 Å². The molecule has 0 aliphatic rings. The normalized spacial score (nSPS) is 10.7. The van der Waals surface area contributed by atoms with Gasteiger partial charge in [0.15, 0.2) is 0 Å². The molecule has 0 N–H and O–H groups in total. The highest BCUT2D eigenvalue weighted by molar-refractivity contribution is 5.91. The second-order valence-electron chi connectivity index (χ2n) is 5.02. The van der Waals surface area contributed by atoms with Crippen molar-refractivity contribution >= 4 is 17.7 Å². The van der Waals surface area contributed by atoms with Crippen molar-refractivity contribution in [1.82, 2.24) is 4.90 Å². The number of hydrogen-bond acceptors (Lipinski definition) is 3. The number of carbonyl (C=O) groups is 1. The molecule has 0 heterocycles. The highest BCUT2D eigenvalue weighted by atomic mass is 16.6. The number of nitro groups is 1. The van der Waals surface area contributed by atoms with Gasteiger partial charge in [0.05, 0.1) is 4.92 Å². The van der Waals surface area contributed by atoms with Gasteiger partial charge in [-0.1, -0.05) is 42.5 Å². The lowest BCUT2D eigenvalue weighted by molar-refractivity contribution is -0.384. The summed E-state index contributed by atoms with van der Waals surface area (Å²) in [5, 5.41) is 10.8. The fourth-order valence-electron chi connectivity index (χ4n) is 2.16. The maximum Gasteiger partial charge on any atom is 0.270 e. The number of nitrogens with zero attached hydrogens (tertiary/aromatic N) is 2.